The fourth-order valence-electron chi connectivity index (χ4n) is 2.07. The molecule has 1 N–H and O–H groups in total. The van der Waals surface area contributed by atoms with E-state index in [2.05, 4.69) is 5.32 Å². The van der Waals surface area contributed by atoms with Crippen molar-refractivity contribution in [3.05, 3.63) is 72.8 Å². The van der Waals surface area contributed by atoms with Crippen molar-refractivity contribution >= 4 is 40.5 Å². The summed E-state index contributed by atoms with van der Waals surface area (Å²) in [5.41, 5.74) is -0.199. The van der Waals surface area contributed by atoms with Crippen LogP contribution in [0.25, 0.3) is 0 Å². The number of carbonyl (C=O) groups is 2. The summed E-state index contributed by atoms with van der Waals surface area (Å²) in [6, 6.07) is 7.43. The van der Waals surface area contributed by atoms with E-state index in [1.54, 1.807) is 6.92 Å². The summed E-state index contributed by atoms with van der Waals surface area (Å²) >= 11 is 5.65. The maximum Gasteiger partial charge on any atom is 0.338 e. The third kappa shape index (κ3) is 4.98. The minimum atomic E-state index is -0.959. The largest absolute Gasteiger partial charge is 0.452 e. The number of anilines is 1. The van der Waals surface area contributed by atoms with Gasteiger partial charge in [0.2, 0.25) is 0 Å². The summed E-state index contributed by atoms with van der Waals surface area (Å²) in [7, 11) is 0. The van der Waals surface area contributed by atoms with E-state index in [-0.39, 0.29) is 22.0 Å². The molecule has 0 saturated heterocycles. The van der Waals surface area contributed by atoms with E-state index in [1.807, 2.05) is 0 Å². The predicted octanol–water partition coefficient (Wildman–Crippen LogP) is 3.26. The molecule has 0 saturated carbocycles. The van der Waals surface area contributed by atoms with E-state index in [0.717, 1.165) is 6.07 Å². The molecular formula is C16H12ClN3O7. The molecule has 0 fully saturated rings. The van der Waals surface area contributed by atoms with Crippen LogP contribution in [-0.4, -0.2) is 28.3 Å². The van der Waals surface area contributed by atoms with Gasteiger partial charge in [-0.1, -0.05) is 17.7 Å². The SMILES string of the molecule is Cc1ccc(NC(=O)COC(=O)c2ccc(Cl)c([N+](=O)[O-])c2)cc1[N+](=O)[O-]. The molecular weight excluding hydrogens is 382 g/mol. The van der Waals surface area contributed by atoms with Gasteiger partial charge in [-0.15, -0.1) is 0 Å². The Hall–Kier alpha value is -3.53. The molecule has 10 nitrogen and oxygen atoms in total. The van der Waals surface area contributed by atoms with Crippen molar-refractivity contribution in [3.63, 3.8) is 0 Å². The number of halogens is 1. The van der Waals surface area contributed by atoms with Crippen molar-refractivity contribution in [2.75, 3.05) is 11.9 Å². The fourth-order valence-corrected chi connectivity index (χ4v) is 2.26. The summed E-state index contributed by atoms with van der Waals surface area (Å²) < 4.78 is 4.79. The molecule has 11 heteroatoms. The molecule has 0 aliphatic heterocycles. The van der Waals surface area contributed by atoms with Crippen LogP contribution in [0.3, 0.4) is 0 Å². The minimum Gasteiger partial charge on any atom is -0.452 e. The Bertz CT molecular complexity index is 946. The van der Waals surface area contributed by atoms with Crippen molar-refractivity contribution in [2.45, 2.75) is 6.92 Å². The third-order valence-electron chi connectivity index (χ3n) is 3.40. The molecule has 1 amide bonds. The van der Waals surface area contributed by atoms with Crippen LogP contribution in [0.1, 0.15) is 15.9 Å². The lowest BCUT2D eigenvalue weighted by molar-refractivity contribution is -0.385. The molecule has 0 radical (unpaired) electrons. The molecule has 0 aliphatic carbocycles. The zero-order chi connectivity index (χ0) is 20.1. The highest BCUT2D eigenvalue weighted by molar-refractivity contribution is 6.32. The van der Waals surface area contributed by atoms with Gasteiger partial charge in [-0.2, -0.15) is 0 Å². The van der Waals surface area contributed by atoms with Gasteiger partial charge in [0.25, 0.3) is 17.3 Å². The van der Waals surface area contributed by atoms with Crippen LogP contribution in [0.4, 0.5) is 17.1 Å². The number of nitrogens with one attached hydrogen (secondary N) is 1. The van der Waals surface area contributed by atoms with Crippen LogP contribution in [0.2, 0.25) is 5.02 Å². The van der Waals surface area contributed by atoms with E-state index >= 15 is 0 Å². The van der Waals surface area contributed by atoms with Gasteiger partial charge < -0.3 is 10.1 Å². The van der Waals surface area contributed by atoms with Crippen LogP contribution in [0, 0.1) is 27.2 Å². The van der Waals surface area contributed by atoms with E-state index < -0.39 is 34.0 Å². The van der Waals surface area contributed by atoms with Gasteiger partial charge in [-0.25, -0.2) is 4.79 Å². The molecule has 2 aromatic rings. The Kier molecular flexibility index (Phi) is 6.03. The van der Waals surface area contributed by atoms with Gasteiger partial charge in [-0.3, -0.25) is 25.0 Å². The first-order valence-electron chi connectivity index (χ1n) is 7.35. The van der Waals surface area contributed by atoms with E-state index in [9.17, 15) is 29.8 Å². The quantitative estimate of drug-likeness (QED) is 0.450. The highest BCUT2D eigenvalue weighted by Crippen LogP contribution is 2.25. The standard InChI is InChI=1S/C16H12ClN3O7/c1-9-2-4-11(7-13(9)19(23)24)18-15(21)8-27-16(22)10-3-5-12(17)14(6-10)20(25)26/h2-7H,8H2,1H3,(H,18,21). The van der Waals surface area contributed by atoms with Crippen LogP contribution in [0.5, 0.6) is 0 Å². The molecule has 27 heavy (non-hydrogen) atoms. The van der Waals surface area contributed by atoms with Crippen molar-refractivity contribution in [3.8, 4) is 0 Å². The van der Waals surface area contributed by atoms with Gasteiger partial charge in [0, 0.05) is 23.4 Å². The van der Waals surface area contributed by atoms with Crippen LogP contribution in [-0.2, 0) is 9.53 Å². The molecule has 0 aliphatic rings. The van der Waals surface area contributed by atoms with Gasteiger partial charge >= 0.3 is 5.97 Å². The summed E-state index contributed by atoms with van der Waals surface area (Å²) in [5.74, 6) is -1.69. The Morgan fingerprint density at radius 1 is 1.07 bits per heavy atom. The normalized spacial score (nSPS) is 10.1. The second-order valence-electron chi connectivity index (χ2n) is 5.31. The number of nitro benzene ring substituents is 2. The van der Waals surface area contributed by atoms with Gasteiger partial charge in [0.15, 0.2) is 6.61 Å². The minimum absolute atomic E-state index is 0.143. The lowest BCUT2D eigenvalue weighted by Gasteiger charge is -2.07. The topological polar surface area (TPSA) is 142 Å². The fraction of sp³-hybridized carbons (Fsp3) is 0.125. The van der Waals surface area contributed by atoms with Crippen molar-refractivity contribution in [2.24, 2.45) is 0 Å². The number of rotatable bonds is 6. The molecule has 0 unspecified atom stereocenters. The average molecular weight is 394 g/mol. The van der Waals surface area contributed by atoms with Crippen molar-refractivity contribution < 1.29 is 24.2 Å². The summed E-state index contributed by atoms with van der Waals surface area (Å²) in [6.45, 7) is 0.869. The van der Waals surface area contributed by atoms with Crippen LogP contribution < -0.4 is 5.32 Å². The molecule has 0 aromatic heterocycles. The number of esters is 1. The lowest BCUT2D eigenvalue weighted by atomic mass is 10.2. The van der Waals surface area contributed by atoms with Crippen molar-refractivity contribution in [1.29, 1.82) is 0 Å². The molecule has 0 heterocycles. The Labute approximate surface area is 157 Å². The second kappa shape index (κ2) is 8.23. The molecule has 140 valence electrons. The molecule has 2 rings (SSSR count). The maximum absolute atomic E-state index is 11.9. The zero-order valence-electron chi connectivity index (χ0n) is 13.8. The maximum atomic E-state index is 11.9. The summed E-state index contributed by atoms with van der Waals surface area (Å²) in [6.07, 6.45) is 0. The van der Waals surface area contributed by atoms with Gasteiger partial charge in [-0.05, 0) is 25.1 Å². The van der Waals surface area contributed by atoms with Crippen molar-refractivity contribution in [1.82, 2.24) is 0 Å². The predicted molar refractivity (Wildman–Crippen MR) is 94.9 cm³/mol. The average Bonchev–Trinajstić information content (AvgIpc) is 2.61. The second-order valence-corrected chi connectivity index (χ2v) is 5.71. The Balaban J connectivity index is 2.00. The highest BCUT2D eigenvalue weighted by atomic mass is 35.5. The van der Waals surface area contributed by atoms with E-state index in [0.29, 0.717) is 5.56 Å². The van der Waals surface area contributed by atoms with Crippen LogP contribution >= 0.6 is 11.6 Å². The number of aryl methyl sites for hydroxylation is 1. The first-order valence-corrected chi connectivity index (χ1v) is 7.73. The highest BCUT2D eigenvalue weighted by Gasteiger charge is 2.18. The van der Waals surface area contributed by atoms with Crippen LogP contribution in [0.15, 0.2) is 36.4 Å². The molecule has 0 bridgehead atoms. The smallest absolute Gasteiger partial charge is 0.338 e. The number of benzene rings is 2. The number of nitro groups is 2. The van der Waals surface area contributed by atoms with Gasteiger partial charge in [0.1, 0.15) is 5.02 Å². The van der Waals surface area contributed by atoms with E-state index in [4.69, 9.17) is 16.3 Å². The Morgan fingerprint density at radius 3 is 2.37 bits per heavy atom. The summed E-state index contributed by atoms with van der Waals surface area (Å²) in [4.78, 5) is 44.2. The monoisotopic (exact) mass is 393 g/mol. The molecule has 0 atom stereocenters. The number of ether oxygens (including phenoxy) is 1. The van der Waals surface area contributed by atoms with E-state index in [1.165, 1.54) is 30.3 Å². The number of hydrogen-bond donors (Lipinski definition) is 1. The Morgan fingerprint density at radius 2 is 1.74 bits per heavy atom. The number of amides is 1. The number of hydrogen-bond acceptors (Lipinski definition) is 7. The lowest BCUT2D eigenvalue weighted by Crippen LogP contribution is -2.21. The number of nitrogens with zero attached hydrogens (tertiary/aromatic N) is 2. The summed E-state index contributed by atoms with van der Waals surface area (Å²) in [5, 5.41) is 23.9. The molecule has 0 spiro atoms. The first-order chi connectivity index (χ1) is 12.7. The third-order valence-corrected chi connectivity index (χ3v) is 3.72. The zero-order valence-corrected chi connectivity index (χ0v) is 14.6. The van der Waals surface area contributed by atoms with Gasteiger partial charge in [0.05, 0.1) is 15.4 Å². The number of carbonyl (C=O) groups excluding carboxylic acids is 2. The first kappa shape index (κ1) is 19.8. The molecule has 2 aromatic carbocycles.